The number of hydrogen-bond acceptors (Lipinski definition) is 6. The van der Waals surface area contributed by atoms with Crippen molar-refractivity contribution in [1.29, 1.82) is 0 Å². The van der Waals surface area contributed by atoms with Gasteiger partial charge in [0.2, 0.25) is 5.88 Å². The van der Waals surface area contributed by atoms with Gasteiger partial charge in [-0.3, -0.25) is 14.9 Å². The summed E-state index contributed by atoms with van der Waals surface area (Å²) in [5, 5.41) is 1.89. The third-order valence-corrected chi connectivity index (χ3v) is 5.10. The van der Waals surface area contributed by atoms with E-state index in [-0.39, 0.29) is 47.4 Å². The lowest BCUT2D eigenvalue weighted by molar-refractivity contribution is -0.127. The molecular formula is C19H13ClF4N4O3. The van der Waals surface area contributed by atoms with E-state index in [1.165, 1.54) is 6.33 Å². The molecular weight excluding hydrogens is 444 g/mol. The van der Waals surface area contributed by atoms with Crippen LogP contribution in [0.1, 0.15) is 16.8 Å². The van der Waals surface area contributed by atoms with Crippen molar-refractivity contribution in [1.82, 2.24) is 20.2 Å². The van der Waals surface area contributed by atoms with Gasteiger partial charge < -0.3 is 9.64 Å². The summed E-state index contributed by atoms with van der Waals surface area (Å²) in [6.07, 6.45) is -4.47. The van der Waals surface area contributed by atoms with E-state index < -0.39 is 30.2 Å². The van der Waals surface area contributed by atoms with E-state index in [0.29, 0.717) is 11.3 Å². The van der Waals surface area contributed by atoms with Crippen LogP contribution in [0.2, 0.25) is 0 Å². The molecule has 1 aromatic heterocycles. The predicted octanol–water partition coefficient (Wildman–Crippen LogP) is 2.98. The zero-order valence-corrected chi connectivity index (χ0v) is 16.3. The Balaban J connectivity index is 1.62. The molecule has 0 bridgehead atoms. The zero-order valence-electron chi connectivity index (χ0n) is 15.6. The summed E-state index contributed by atoms with van der Waals surface area (Å²) < 4.78 is 57.7. The SMILES string of the molecule is O=C1NC(=O)C(N2CCc3c(ncnc3Oc3ccc(F)cc3CC(F)(F)F)C2)=C1Cl. The second-order valence-corrected chi connectivity index (χ2v) is 7.25. The number of amides is 2. The van der Waals surface area contributed by atoms with Crippen LogP contribution in [0.25, 0.3) is 0 Å². The molecule has 2 aromatic rings. The summed E-state index contributed by atoms with van der Waals surface area (Å²) in [5.41, 5.74) is 0.655. The smallest absolute Gasteiger partial charge is 0.393 e. The first-order valence-electron chi connectivity index (χ1n) is 8.98. The Morgan fingerprint density at radius 3 is 2.65 bits per heavy atom. The molecule has 0 saturated carbocycles. The van der Waals surface area contributed by atoms with Gasteiger partial charge in [-0.05, 0) is 24.6 Å². The highest BCUT2D eigenvalue weighted by molar-refractivity contribution is 6.47. The van der Waals surface area contributed by atoms with Crippen molar-refractivity contribution in [3.63, 3.8) is 0 Å². The fraction of sp³-hybridized carbons (Fsp3) is 0.263. The average molecular weight is 457 g/mol. The van der Waals surface area contributed by atoms with Crippen LogP contribution in [0.3, 0.4) is 0 Å². The molecule has 12 heteroatoms. The summed E-state index contributed by atoms with van der Waals surface area (Å²) in [6, 6.07) is 2.87. The number of carbonyl (C=O) groups is 2. The number of ether oxygens (including phenoxy) is 1. The molecule has 0 atom stereocenters. The lowest BCUT2D eigenvalue weighted by Gasteiger charge is -2.30. The first kappa shape index (κ1) is 21.0. The Bertz CT molecular complexity index is 1120. The van der Waals surface area contributed by atoms with Crippen LogP contribution in [0.15, 0.2) is 35.3 Å². The van der Waals surface area contributed by atoms with Gasteiger partial charge in [-0.2, -0.15) is 13.2 Å². The lowest BCUT2D eigenvalue weighted by Crippen LogP contribution is -2.35. The minimum absolute atomic E-state index is 0.0318. The molecule has 2 amide bonds. The van der Waals surface area contributed by atoms with Crippen LogP contribution >= 0.6 is 11.6 Å². The number of carbonyl (C=O) groups excluding carboxylic acids is 2. The molecule has 2 aliphatic rings. The number of benzene rings is 1. The van der Waals surface area contributed by atoms with Gasteiger partial charge in [0.1, 0.15) is 28.6 Å². The summed E-state index contributed by atoms with van der Waals surface area (Å²) in [5.74, 6) is -2.26. The fourth-order valence-electron chi connectivity index (χ4n) is 3.42. The van der Waals surface area contributed by atoms with Crippen LogP contribution in [-0.2, 0) is 29.0 Å². The number of aromatic nitrogens is 2. The van der Waals surface area contributed by atoms with Crippen LogP contribution in [0.5, 0.6) is 11.6 Å². The van der Waals surface area contributed by atoms with Crippen molar-refractivity contribution < 1.29 is 31.9 Å². The number of hydrogen-bond donors (Lipinski definition) is 1. The monoisotopic (exact) mass is 456 g/mol. The number of nitrogens with zero attached hydrogens (tertiary/aromatic N) is 3. The van der Waals surface area contributed by atoms with Gasteiger partial charge in [0, 0.05) is 17.7 Å². The van der Waals surface area contributed by atoms with E-state index in [0.717, 1.165) is 18.2 Å². The molecule has 162 valence electrons. The van der Waals surface area contributed by atoms with Crippen molar-refractivity contribution in [3.05, 3.63) is 57.9 Å². The highest BCUT2D eigenvalue weighted by atomic mass is 35.5. The molecule has 7 nitrogen and oxygen atoms in total. The predicted molar refractivity (Wildman–Crippen MR) is 98.4 cm³/mol. The molecule has 0 unspecified atom stereocenters. The minimum Gasteiger partial charge on any atom is -0.438 e. The summed E-state index contributed by atoms with van der Waals surface area (Å²) in [4.78, 5) is 33.3. The normalized spacial score (nSPS) is 16.5. The minimum atomic E-state index is -4.55. The molecule has 2 aliphatic heterocycles. The lowest BCUT2D eigenvalue weighted by atomic mass is 10.1. The van der Waals surface area contributed by atoms with E-state index in [9.17, 15) is 27.2 Å². The summed E-state index contributed by atoms with van der Waals surface area (Å²) in [6.45, 7) is 0.376. The van der Waals surface area contributed by atoms with Crippen LogP contribution in [0.4, 0.5) is 17.6 Å². The van der Waals surface area contributed by atoms with Gasteiger partial charge in [-0.15, -0.1) is 0 Å². The molecule has 3 heterocycles. The van der Waals surface area contributed by atoms with E-state index in [4.69, 9.17) is 16.3 Å². The molecule has 4 rings (SSSR count). The quantitative estimate of drug-likeness (QED) is 0.562. The Hall–Kier alpha value is -3.21. The summed E-state index contributed by atoms with van der Waals surface area (Å²) in [7, 11) is 0. The first-order chi connectivity index (χ1) is 14.6. The molecule has 0 aliphatic carbocycles. The maximum absolute atomic E-state index is 13.5. The molecule has 1 aromatic carbocycles. The molecule has 31 heavy (non-hydrogen) atoms. The van der Waals surface area contributed by atoms with E-state index in [2.05, 4.69) is 15.3 Å². The largest absolute Gasteiger partial charge is 0.438 e. The first-order valence-corrected chi connectivity index (χ1v) is 9.36. The number of imide groups is 1. The highest BCUT2D eigenvalue weighted by Gasteiger charge is 2.35. The van der Waals surface area contributed by atoms with Crippen molar-refractivity contribution in [3.8, 4) is 11.6 Å². The van der Waals surface area contributed by atoms with Crippen molar-refractivity contribution in [2.24, 2.45) is 0 Å². The fourth-order valence-corrected chi connectivity index (χ4v) is 3.67. The Morgan fingerprint density at radius 2 is 1.97 bits per heavy atom. The third-order valence-electron chi connectivity index (χ3n) is 4.75. The van der Waals surface area contributed by atoms with Gasteiger partial charge in [0.15, 0.2) is 0 Å². The Kier molecular flexibility index (Phi) is 5.29. The van der Waals surface area contributed by atoms with Crippen molar-refractivity contribution in [2.75, 3.05) is 6.54 Å². The Labute approximate surface area is 177 Å². The number of nitrogens with one attached hydrogen (secondary N) is 1. The molecule has 1 N–H and O–H groups in total. The zero-order chi connectivity index (χ0) is 22.3. The molecule has 0 radical (unpaired) electrons. The number of fused-ring (bicyclic) bond motifs is 1. The van der Waals surface area contributed by atoms with Gasteiger partial charge in [-0.25, -0.2) is 14.4 Å². The number of alkyl halides is 3. The van der Waals surface area contributed by atoms with Crippen LogP contribution in [-0.4, -0.2) is 39.4 Å². The number of halogens is 5. The standard InChI is InChI=1S/C19H13ClF4N4O3/c20-14-15(17(30)27-16(14)29)28-4-3-11-12(7-28)25-8-26-18(11)31-13-2-1-10(21)5-9(13)6-19(22,23)24/h1-2,5,8H,3-4,6-7H2,(H,27,29,30). The van der Waals surface area contributed by atoms with E-state index in [1.54, 1.807) is 4.90 Å². The van der Waals surface area contributed by atoms with Gasteiger partial charge in [0.25, 0.3) is 11.8 Å². The van der Waals surface area contributed by atoms with Gasteiger partial charge >= 0.3 is 6.18 Å². The van der Waals surface area contributed by atoms with Gasteiger partial charge in [-0.1, -0.05) is 11.6 Å². The van der Waals surface area contributed by atoms with Crippen LogP contribution < -0.4 is 10.1 Å². The highest BCUT2D eigenvalue weighted by Crippen LogP contribution is 2.34. The van der Waals surface area contributed by atoms with E-state index >= 15 is 0 Å². The second-order valence-electron chi connectivity index (χ2n) is 6.87. The maximum atomic E-state index is 13.5. The molecule has 0 fully saturated rings. The average Bonchev–Trinajstić information content (AvgIpc) is 2.94. The maximum Gasteiger partial charge on any atom is 0.393 e. The second kappa shape index (κ2) is 7.80. The molecule has 0 saturated heterocycles. The topological polar surface area (TPSA) is 84.4 Å². The van der Waals surface area contributed by atoms with Crippen LogP contribution in [0, 0.1) is 5.82 Å². The summed E-state index contributed by atoms with van der Waals surface area (Å²) >= 11 is 5.93. The number of rotatable bonds is 4. The van der Waals surface area contributed by atoms with Gasteiger partial charge in [0.05, 0.1) is 18.7 Å². The van der Waals surface area contributed by atoms with Crippen molar-refractivity contribution >= 4 is 23.4 Å². The molecule has 0 spiro atoms. The third kappa shape index (κ3) is 4.31. The Morgan fingerprint density at radius 1 is 1.19 bits per heavy atom. The van der Waals surface area contributed by atoms with E-state index in [1.807, 2.05) is 0 Å². The van der Waals surface area contributed by atoms with Crippen molar-refractivity contribution in [2.45, 2.75) is 25.6 Å².